The number of ketones is 1. The minimum atomic E-state index is -3.64. The molecule has 13 nitrogen and oxygen atoms in total. The lowest BCUT2D eigenvalue weighted by Crippen LogP contribution is -2.37. The van der Waals surface area contributed by atoms with E-state index in [-0.39, 0.29) is 42.2 Å². The van der Waals surface area contributed by atoms with E-state index < -0.39 is 9.84 Å². The second-order valence-corrected chi connectivity index (χ2v) is 16.6. The molecule has 1 aliphatic rings. The molecule has 0 spiro atoms. The lowest BCUT2D eigenvalue weighted by atomic mass is 10.0. The van der Waals surface area contributed by atoms with Gasteiger partial charge in [-0.3, -0.25) is 14.7 Å². The van der Waals surface area contributed by atoms with E-state index in [9.17, 15) is 18.5 Å². The third-order valence-electron chi connectivity index (χ3n) is 9.74. The Morgan fingerprint density at radius 3 is 2.68 bits per heavy atom. The molecule has 0 radical (unpaired) electrons. The van der Waals surface area contributed by atoms with Crippen LogP contribution in [0.2, 0.25) is 0 Å². The standard InChI is InChI=1S/C41H43N5O8S2/c1-28-2-6-30(40-39(28)31(23-42)24-44-40)27-56(48,49)35-8-4-29(5-9-35)3-7-32(47)26-51-18-17-50-19-20-52-38-22-34(54-45-38)25-46-15-11-33(12-16-46)53-37-10-14-43-36-13-21-55-41(36)37/h2,4-6,8-10,13-14,21-22,24,33,44H,3,7,11-12,15-20,25-27H2,1H3. The van der Waals surface area contributed by atoms with E-state index >= 15 is 0 Å². The molecule has 1 aliphatic heterocycles. The van der Waals surface area contributed by atoms with Crippen LogP contribution < -0.4 is 9.47 Å². The molecule has 1 N–H and O–H groups in total. The van der Waals surface area contributed by atoms with Crippen molar-refractivity contribution in [1.82, 2.24) is 20.0 Å². The lowest BCUT2D eigenvalue weighted by molar-refractivity contribution is -0.124. The summed E-state index contributed by atoms with van der Waals surface area (Å²) in [5, 5.41) is 16.2. The molecule has 0 atom stereocenters. The maximum Gasteiger partial charge on any atom is 0.254 e. The fraction of sp³-hybridized carbons (Fsp3) is 0.366. The SMILES string of the molecule is Cc1ccc(CS(=O)(=O)c2ccc(CCC(=O)COCCOCCOc3cc(CN4CCC(Oc5ccnc6ccsc56)CC4)on3)cc2)c2[nH]cc(C#N)c12. The normalized spacial score (nSPS) is 14.0. The molecular weight excluding hydrogens is 755 g/mol. The number of benzene rings is 2. The van der Waals surface area contributed by atoms with Crippen molar-refractivity contribution in [3.63, 3.8) is 0 Å². The second-order valence-electron chi connectivity index (χ2n) is 13.7. The first-order valence-corrected chi connectivity index (χ1v) is 21.1. The predicted molar refractivity (Wildman–Crippen MR) is 211 cm³/mol. The highest BCUT2D eigenvalue weighted by Gasteiger charge is 2.23. The molecule has 0 amide bonds. The van der Waals surface area contributed by atoms with Gasteiger partial charge in [-0.1, -0.05) is 24.3 Å². The number of carbonyl (C=O) groups is 1. The molecule has 0 saturated carbocycles. The quantitative estimate of drug-likeness (QED) is 0.0876. The molecule has 1 saturated heterocycles. The average molecular weight is 798 g/mol. The monoisotopic (exact) mass is 797 g/mol. The van der Waals surface area contributed by atoms with Crippen molar-refractivity contribution < 1.29 is 36.7 Å². The van der Waals surface area contributed by atoms with Gasteiger partial charge in [-0.15, -0.1) is 11.3 Å². The van der Waals surface area contributed by atoms with E-state index in [0.29, 0.717) is 55.3 Å². The number of fused-ring (bicyclic) bond motifs is 2. The van der Waals surface area contributed by atoms with Gasteiger partial charge in [-0.25, -0.2) is 8.42 Å². The van der Waals surface area contributed by atoms with Crippen LogP contribution in [0.4, 0.5) is 0 Å². The van der Waals surface area contributed by atoms with E-state index in [2.05, 4.69) is 26.1 Å². The van der Waals surface area contributed by atoms with Crippen LogP contribution in [0.5, 0.6) is 11.6 Å². The molecule has 56 heavy (non-hydrogen) atoms. The number of aromatic nitrogens is 3. The van der Waals surface area contributed by atoms with Gasteiger partial charge >= 0.3 is 0 Å². The van der Waals surface area contributed by atoms with E-state index in [4.69, 9.17) is 23.5 Å². The Morgan fingerprint density at radius 2 is 1.86 bits per heavy atom. The van der Waals surface area contributed by atoms with Crippen molar-refractivity contribution in [1.29, 1.82) is 5.26 Å². The molecule has 7 rings (SSSR count). The van der Waals surface area contributed by atoms with Crippen molar-refractivity contribution in [2.75, 3.05) is 46.1 Å². The summed E-state index contributed by atoms with van der Waals surface area (Å²) in [4.78, 5) is 22.4. The Morgan fingerprint density at radius 1 is 1.05 bits per heavy atom. The third kappa shape index (κ3) is 9.81. The number of ether oxygens (including phenoxy) is 4. The molecule has 1 fully saturated rings. The fourth-order valence-corrected chi connectivity index (χ4v) is 8.94. The molecule has 6 aromatic rings. The summed E-state index contributed by atoms with van der Waals surface area (Å²) in [6, 6.07) is 18.1. The van der Waals surface area contributed by atoms with Crippen LogP contribution in [0.25, 0.3) is 21.1 Å². The van der Waals surface area contributed by atoms with Crippen LogP contribution in [0.15, 0.2) is 81.8 Å². The number of nitrogens with zero attached hydrogens (tertiary/aromatic N) is 4. The summed E-state index contributed by atoms with van der Waals surface area (Å²) in [5.74, 6) is 1.80. The molecule has 4 aromatic heterocycles. The maximum absolute atomic E-state index is 13.2. The number of rotatable bonds is 19. The number of likely N-dealkylation sites (tertiary alicyclic amines) is 1. The van der Waals surface area contributed by atoms with Crippen LogP contribution >= 0.6 is 11.3 Å². The number of piperidine rings is 1. The highest BCUT2D eigenvalue weighted by molar-refractivity contribution is 7.90. The number of thiophene rings is 1. The molecule has 15 heteroatoms. The van der Waals surface area contributed by atoms with Gasteiger partial charge in [0.05, 0.1) is 58.3 Å². The minimum absolute atomic E-state index is 0.0284. The van der Waals surface area contributed by atoms with Gasteiger partial charge in [0.1, 0.15) is 31.1 Å². The molecule has 0 aliphatic carbocycles. The first-order valence-electron chi connectivity index (χ1n) is 18.5. The van der Waals surface area contributed by atoms with Gasteiger partial charge in [-0.05, 0) is 77.7 Å². The van der Waals surface area contributed by atoms with Crippen molar-refractivity contribution in [2.24, 2.45) is 0 Å². The zero-order valence-electron chi connectivity index (χ0n) is 31.1. The Hall–Kier alpha value is -5.11. The van der Waals surface area contributed by atoms with Crippen LogP contribution in [0.3, 0.4) is 0 Å². The summed E-state index contributed by atoms with van der Waals surface area (Å²) in [7, 11) is -3.64. The van der Waals surface area contributed by atoms with Gasteiger partial charge in [-0.2, -0.15) is 5.26 Å². The Kier molecular flexibility index (Phi) is 12.7. The number of Topliss-reactive ketones (excluding diaryl/α,β-unsaturated/α-hetero) is 1. The zero-order chi connectivity index (χ0) is 38.9. The number of hydrogen-bond acceptors (Lipinski definition) is 13. The first kappa shape index (κ1) is 39.1. The number of sulfone groups is 1. The molecule has 0 bridgehead atoms. The smallest absolute Gasteiger partial charge is 0.254 e. The largest absolute Gasteiger partial charge is 0.489 e. The summed E-state index contributed by atoms with van der Waals surface area (Å²) in [6.45, 7) is 5.51. The number of pyridine rings is 1. The molecule has 292 valence electrons. The molecule has 2 aromatic carbocycles. The van der Waals surface area contributed by atoms with Gasteiger partial charge in [0, 0.05) is 43.4 Å². The van der Waals surface area contributed by atoms with Gasteiger partial charge in [0.15, 0.2) is 21.4 Å². The molecule has 0 unspecified atom stereocenters. The maximum atomic E-state index is 13.2. The number of nitrogens with one attached hydrogen (secondary N) is 1. The number of carbonyl (C=O) groups excluding carboxylic acids is 1. The molecule has 5 heterocycles. The number of aromatic amines is 1. The minimum Gasteiger partial charge on any atom is -0.489 e. The summed E-state index contributed by atoms with van der Waals surface area (Å²) < 4.78 is 56.1. The summed E-state index contributed by atoms with van der Waals surface area (Å²) >= 11 is 1.65. The van der Waals surface area contributed by atoms with Crippen molar-refractivity contribution in [2.45, 2.75) is 55.9 Å². The van der Waals surface area contributed by atoms with Crippen LogP contribution in [0, 0.1) is 18.3 Å². The van der Waals surface area contributed by atoms with E-state index in [0.717, 1.165) is 64.2 Å². The van der Waals surface area contributed by atoms with Crippen molar-refractivity contribution >= 4 is 48.1 Å². The van der Waals surface area contributed by atoms with E-state index in [1.807, 2.05) is 30.5 Å². The summed E-state index contributed by atoms with van der Waals surface area (Å²) in [5.41, 5.74) is 4.48. The van der Waals surface area contributed by atoms with Gasteiger partial charge in [0.25, 0.3) is 5.88 Å². The van der Waals surface area contributed by atoms with Crippen molar-refractivity contribution in [3.8, 4) is 17.7 Å². The lowest BCUT2D eigenvalue weighted by Gasteiger charge is -2.31. The van der Waals surface area contributed by atoms with Gasteiger partial charge in [0.2, 0.25) is 0 Å². The second kappa shape index (κ2) is 18.2. The highest BCUT2D eigenvalue weighted by atomic mass is 32.2. The fourth-order valence-electron chi connectivity index (χ4n) is 6.77. The zero-order valence-corrected chi connectivity index (χ0v) is 32.7. The Labute approximate surface area is 329 Å². The Bertz CT molecular complexity index is 2410. The number of aryl methyl sites for hydroxylation is 2. The van der Waals surface area contributed by atoms with Gasteiger partial charge < -0.3 is 28.5 Å². The summed E-state index contributed by atoms with van der Waals surface area (Å²) in [6.07, 6.45) is 6.16. The van der Waals surface area contributed by atoms with Crippen LogP contribution in [0.1, 0.15) is 47.3 Å². The van der Waals surface area contributed by atoms with Crippen molar-refractivity contribution in [3.05, 3.63) is 100 Å². The van der Waals surface area contributed by atoms with E-state index in [1.54, 1.807) is 60.1 Å². The highest BCUT2D eigenvalue weighted by Crippen LogP contribution is 2.32. The molecular formula is C41H43N5O8S2. The first-order chi connectivity index (χ1) is 27.3. The van der Waals surface area contributed by atoms with E-state index in [1.165, 1.54) is 0 Å². The predicted octanol–water partition coefficient (Wildman–Crippen LogP) is 6.58. The van der Waals surface area contributed by atoms with Crippen LogP contribution in [-0.4, -0.2) is 86.5 Å². The van der Waals surface area contributed by atoms with Crippen LogP contribution in [-0.2, 0) is 42.8 Å². The number of H-pyrrole nitrogens is 1. The topological polar surface area (TPSA) is 170 Å². The Balaban J connectivity index is 0.731. The number of nitriles is 1. The third-order valence-corrected chi connectivity index (χ3v) is 12.3. The number of hydrogen-bond donors (Lipinski definition) is 1. The average Bonchev–Trinajstić information content (AvgIpc) is 3.98.